The van der Waals surface area contributed by atoms with Crippen molar-refractivity contribution in [1.82, 2.24) is 4.98 Å². The van der Waals surface area contributed by atoms with Gasteiger partial charge < -0.3 is 20.4 Å². The van der Waals surface area contributed by atoms with Crippen molar-refractivity contribution in [3.05, 3.63) is 11.6 Å². The molecule has 6 nitrogen and oxygen atoms in total. The third kappa shape index (κ3) is 3.53. The zero-order valence-electron chi connectivity index (χ0n) is 20.5. The number of hydrogen-bond acceptors (Lipinski definition) is 6. The van der Waals surface area contributed by atoms with Crippen LogP contribution in [0.25, 0.3) is 0 Å². The van der Waals surface area contributed by atoms with Crippen molar-refractivity contribution in [2.24, 2.45) is 46.3 Å². The minimum Gasteiger partial charge on any atom is -0.424 e. The highest BCUT2D eigenvalue weighted by Gasteiger charge is 2.63. The van der Waals surface area contributed by atoms with Crippen LogP contribution in [0, 0.1) is 57.7 Å². The Kier molecular flexibility index (Phi) is 5.81. The number of aliphatic hydroxyl groups excluding tert-OH is 2. The summed E-state index contributed by atoms with van der Waals surface area (Å²) in [6, 6.07) is 1.98. The second kappa shape index (κ2) is 8.27. The van der Waals surface area contributed by atoms with Gasteiger partial charge >= 0.3 is 0 Å². The molecule has 4 N–H and O–H groups in total. The molecule has 6 heteroatoms. The first-order valence-corrected chi connectivity index (χ1v) is 13.2. The quantitative estimate of drug-likeness (QED) is 0.606. The largest absolute Gasteiger partial charge is 0.424 e. The van der Waals surface area contributed by atoms with Crippen LogP contribution in [0.4, 0.5) is 5.88 Å². The van der Waals surface area contributed by atoms with Gasteiger partial charge in [0.15, 0.2) is 5.89 Å². The fourth-order valence-corrected chi connectivity index (χ4v) is 9.28. The number of aromatic nitrogens is 1. The van der Waals surface area contributed by atoms with Crippen molar-refractivity contribution < 1.29 is 14.6 Å². The zero-order chi connectivity index (χ0) is 23.5. The van der Waals surface area contributed by atoms with Gasteiger partial charge in [0.05, 0.1) is 12.2 Å². The Labute approximate surface area is 198 Å². The molecule has 4 aliphatic rings. The van der Waals surface area contributed by atoms with E-state index in [-0.39, 0.29) is 34.6 Å². The van der Waals surface area contributed by atoms with E-state index in [1.165, 1.54) is 25.7 Å². The van der Waals surface area contributed by atoms with Crippen LogP contribution in [-0.2, 0) is 6.42 Å². The number of oxazole rings is 1. The summed E-state index contributed by atoms with van der Waals surface area (Å²) in [5, 5.41) is 31.0. The van der Waals surface area contributed by atoms with Gasteiger partial charge in [-0.2, -0.15) is 5.26 Å². The minimum absolute atomic E-state index is 0.0363. The predicted molar refractivity (Wildman–Crippen MR) is 126 cm³/mol. The molecule has 0 aliphatic heterocycles. The van der Waals surface area contributed by atoms with Gasteiger partial charge in [0.25, 0.3) is 0 Å². The zero-order valence-corrected chi connectivity index (χ0v) is 20.5. The molecule has 0 amide bonds. The summed E-state index contributed by atoms with van der Waals surface area (Å²) in [6.45, 7) is 7.17. The molecule has 0 radical (unpaired) electrons. The Morgan fingerprint density at radius 2 is 1.94 bits per heavy atom. The van der Waals surface area contributed by atoms with E-state index in [1.807, 2.05) is 6.07 Å². The maximum Gasteiger partial charge on any atom is 0.229 e. The first-order chi connectivity index (χ1) is 15.7. The number of nitriles is 1. The van der Waals surface area contributed by atoms with Crippen molar-refractivity contribution in [1.29, 1.82) is 5.26 Å². The Hall–Kier alpha value is -1.58. The molecule has 1 heterocycles. The Bertz CT molecular complexity index is 924. The maximum absolute atomic E-state index is 11.7. The van der Waals surface area contributed by atoms with Gasteiger partial charge in [0.2, 0.25) is 11.6 Å². The Morgan fingerprint density at radius 3 is 2.67 bits per heavy atom. The van der Waals surface area contributed by atoms with Gasteiger partial charge in [0.1, 0.15) is 6.07 Å². The molecule has 0 bridgehead atoms. The van der Waals surface area contributed by atoms with Crippen LogP contribution in [0.15, 0.2) is 4.42 Å². The lowest BCUT2D eigenvalue weighted by molar-refractivity contribution is -0.174. The number of nitrogen functional groups attached to an aromatic ring is 1. The lowest BCUT2D eigenvalue weighted by Crippen LogP contribution is -2.58. The van der Waals surface area contributed by atoms with Crippen molar-refractivity contribution in [2.75, 3.05) is 5.73 Å². The van der Waals surface area contributed by atoms with Gasteiger partial charge in [0, 0.05) is 6.42 Å². The van der Waals surface area contributed by atoms with E-state index in [9.17, 15) is 10.2 Å². The predicted octanol–water partition coefficient (Wildman–Crippen LogP) is 4.69. The van der Waals surface area contributed by atoms with E-state index in [1.54, 1.807) is 0 Å². The molecule has 1 aromatic rings. The van der Waals surface area contributed by atoms with Gasteiger partial charge in [-0.25, -0.2) is 4.98 Å². The number of hydrogen-bond donors (Lipinski definition) is 3. The SMILES string of the molecule is CC(CCc1nc(C#N)c(N)o1)[C@H]1CC[C@H]2[C@@H]3CCC4C[C@@H](O)CC[C@]4(C)[C@H]3C[C@@H](O)[C@]12C. The van der Waals surface area contributed by atoms with E-state index in [2.05, 4.69) is 25.8 Å². The van der Waals surface area contributed by atoms with Gasteiger partial charge in [-0.15, -0.1) is 0 Å². The summed E-state index contributed by atoms with van der Waals surface area (Å²) in [6.07, 6.45) is 10.0. The molecule has 5 rings (SSSR count). The fourth-order valence-electron chi connectivity index (χ4n) is 9.28. The van der Waals surface area contributed by atoms with Crippen LogP contribution in [0.3, 0.4) is 0 Å². The van der Waals surface area contributed by atoms with Crippen LogP contribution in [0.5, 0.6) is 0 Å². The second-order valence-corrected chi connectivity index (χ2v) is 12.3. The topological polar surface area (TPSA) is 116 Å². The molecule has 0 aromatic carbocycles. The van der Waals surface area contributed by atoms with Crippen LogP contribution in [0.1, 0.15) is 90.1 Å². The normalized spacial score (nSPS) is 45.5. The smallest absolute Gasteiger partial charge is 0.229 e. The molecule has 0 saturated heterocycles. The van der Waals surface area contributed by atoms with Crippen molar-refractivity contribution in [2.45, 2.75) is 97.2 Å². The van der Waals surface area contributed by atoms with Crippen LogP contribution in [0.2, 0.25) is 0 Å². The van der Waals surface area contributed by atoms with E-state index in [0.29, 0.717) is 47.8 Å². The van der Waals surface area contributed by atoms with Gasteiger partial charge in [-0.1, -0.05) is 20.8 Å². The number of aryl methyl sites for hydroxylation is 1. The summed E-state index contributed by atoms with van der Waals surface area (Å²) < 4.78 is 5.49. The molecule has 4 fully saturated rings. The number of nitrogens with zero attached hydrogens (tertiary/aromatic N) is 2. The summed E-state index contributed by atoms with van der Waals surface area (Å²) in [7, 11) is 0. The summed E-state index contributed by atoms with van der Waals surface area (Å²) in [5.74, 6) is 4.09. The number of nitrogens with two attached hydrogens (primary N) is 1. The number of aliphatic hydroxyl groups is 2. The third-order valence-corrected chi connectivity index (χ3v) is 11.1. The number of fused-ring (bicyclic) bond motifs is 5. The van der Waals surface area contributed by atoms with Crippen LogP contribution in [-0.4, -0.2) is 27.4 Å². The van der Waals surface area contributed by atoms with E-state index >= 15 is 0 Å². The molecule has 2 unspecified atom stereocenters. The minimum atomic E-state index is -0.260. The van der Waals surface area contributed by atoms with Crippen molar-refractivity contribution in [3.8, 4) is 6.07 Å². The number of rotatable bonds is 4. The Morgan fingerprint density at radius 1 is 1.15 bits per heavy atom. The molecule has 182 valence electrons. The average Bonchev–Trinajstić information content (AvgIpc) is 3.33. The standard InChI is InChI=1S/C27H41N3O3/c1-15(4-9-24-30-22(14-28)25(29)33-24)19-7-8-20-18-6-5-16-12-17(31)10-11-26(16,2)21(18)13-23(32)27(19,20)3/h15-21,23,31-32H,4-13,29H2,1-3H3/t15?,16?,17-,18-,19+,20-,21-,23+,26-,27+/m0/s1. The highest BCUT2D eigenvalue weighted by molar-refractivity contribution is 5.40. The van der Waals surface area contributed by atoms with Gasteiger partial charge in [-0.3, -0.25) is 0 Å². The van der Waals surface area contributed by atoms with E-state index < -0.39 is 0 Å². The van der Waals surface area contributed by atoms with Crippen LogP contribution >= 0.6 is 0 Å². The molecular formula is C27H41N3O3. The van der Waals surface area contributed by atoms with E-state index in [4.69, 9.17) is 15.4 Å². The fraction of sp³-hybridized carbons (Fsp3) is 0.852. The lowest BCUT2D eigenvalue weighted by Gasteiger charge is -2.62. The van der Waals surface area contributed by atoms with E-state index in [0.717, 1.165) is 32.1 Å². The van der Waals surface area contributed by atoms with Crippen LogP contribution < -0.4 is 5.73 Å². The molecule has 33 heavy (non-hydrogen) atoms. The summed E-state index contributed by atoms with van der Waals surface area (Å²) in [4.78, 5) is 4.23. The molecule has 4 saturated carbocycles. The van der Waals surface area contributed by atoms with Crippen molar-refractivity contribution >= 4 is 5.88 Å². The summed E-state index contributed by atoms with van der Waals surface area (Å²) in [5.41, 5.74) is 6.15. The molecule has 0 spiro atoms. The first kappa shape index (κ1) is 23.2. The molecular weight excluding hydrogens is 414 g/mol. The van der Waals surface area contributed by atoms with Crippen molar-refractivity contribution in [3.63, 3.8) is 0 Å². The highest BCUT2D eigenvalue weighted by Crippen LogP contribution is 2.68. The third-order valence-electron chi connectivity index (χ3n) is 11.1. The average molecular weight is 456 g/mol. The first-order valence-electron chi connectivity index (χ1n) is 13.2. The molecule has 4 aliphatic carbocycles. The lowest BCUT2D eigenvalue weighted by atomic mass is 9.43. The molecule has 1 aromatic heterocycles. The number of anilines is 1. The molecule has 10 atom stereocenters. The second-order valence-electron chi connectivity index (χ2n) is 12.3. The monoisotopic (exact) mass is 455 g/mol. The highest BCUT2D eigenvalue weighted by atomic mass is 16.4. The van der Waals surface area contributed by atoms with Gasteiger partial charge in [-0.05, 0) is 104 Å². The maximum atomic E-state index is 11.7. The Balaban J connectivity index is 1.32. The summed E-state index contributed by atoms with van der Waals surface area (Å²) >= 11 is 0.